The van der Waals surface area contributed by atoms with E-state index in [1.54, 1.807) is 0 Å². The smallest absolute Gasteiger partial charge is 0.0685 e. The fourth-order valence-electron chi connectivity index (χ4n) is 4.20. The van der Waals surface area contributed by atoms with Gasteiger partial charge in [0.25, 0.3) is 0 Å². The Morgan fingerprint density at radius 2 is 1.50 bits per heavy atom. The van der Waals surface area contributed by atoms with Gasteiger partial charge in [-0.3, -0.25) is 4.84 Å². The van der Waals surface area contributed by atoms with Crippen LogP contribution < -0.4 is 5.32 Å². The minimum Gasteiger partial charge on any atom is -0.314 e. The summed E-state index contributed by atoms with van der Waals surface area (Å²) in [5.74, 6) is 0.707. The second-order valence-electron chi connectivity index (χ2n) is 9.43. The summed E-state index contributed by atoms with van der Waals surface area (Å²) in [5, 5.41) is 6.07. The van der Waals surface area contributed by atoms with E-state index in [2.05, 4.69) is 58.8 Å². The molecule has 0 saturated carbocycles. The van der Waals surface area contributed by atoms with Crippen LogP contribution in [0.1, 0.15) is 99.8 Å². The summed E-state index contributed by atoms with van der Waals surface area (Å²) in [4.78, 5) is 6.30. The standard InChI is InChI=1S/C21H44N2O/c1-8-9-10-11-12-13-14-24-23-20(4,5)15-19(16-21(23,6)7)22-17-18(2)3/h18-19,22H,8-17H2,1-7H3. The molecule has 144 valence electrons. The molecule has 0 bridgehead atoms. The molecule has 24 heavy (non-hydrogen) atoms. The summed E-state index contributed by atoms with van der Waals surface area (Å²) in [6.07, 6.45) is 10.2. The van der Waals surface area contributed by atoms with Crippen molar-refractivity contribution in [2.45, 2.75) is 117 Å². The van der Waals surface area contributed by atoms with Crippen LogP contribution in [0.25, 0.3) is 0 Å². The zero-order valence-electron chi connectivity index (χ0n) is 17.6. The molecule has 1 fully saturated rings. The fraction of sp³-hybridized carbons (Fsp3) is 1.00. The summed E-state index contributed by atoms with van der Waals surface area (Å²) in [5.41, 5.74) is 0.164. The fourth-order valence-corrected chi connectivity index (χ4v) is 4.20. The molecule has 1 heterocycles. The molecule has 1 aliphatic heterocycles. The van der Waals surface area contributed by atoms with E-state index in [0.717, 1.165) is 26.0 Å². The number of nitrogens with zero attached hydrogens (tertiary/aromatic N) is 1. The van der Waals surface area contributed by atoms with Crippen molar-refractivity contribution in [1.82, 2.24) is 10.4 Å². The van der Waals surface area contributed by atoms with Crippen molar-refractivity contribution in [3.05, 3.63) is 0 Å². The average Bonchev–Trinajstić information content (AvgIpc) is 2.45. The van der Waals surface area contributed by atoms with Crippen LogP contribution in [0.2, 0.25) is 0 Å². The molecule has 0 spiro atoms. The van der Waals surface area contributed by atoms with Crippen LogP contribution in [-0.2, 0) is 4.84 Å². The highest BCUT2D eigenvalue weighted by Gasteiger charge is 2.46. The van der Waals surface area contributed by atoms with Crippen LogP contribution in [0.15, 0.2) is 0 Å². The molecule has 3 nitrogen and oxygen atoms in total. The number of piperidine rings is 1. The van der Waals surface area contributed by atoms with Crippen molar-refractivity contribution in [3.63, 3.8) is 0 Å². The van der Waals surface area contributed by atoms with Crippen molar-refractivity contribution in [1.29, 1.82) is 0 Å². The highest BCUT2D eigenvalue weighted by molar-refractivity contribution is 4.99. The lowest BCUT2D eigenvalue weighted by Gasteiger charge is -2.54. The lowest BCUT2D eigenvalue weighted by molar-refractivity contribution is -0.284. The molecule has 3 heteroatoms. The van der Waals surface area contributed by atoms with Gasteiger partial charge >= 0.3 is 0 Å². The topological polar surface area (TPSA) is 24.5 Å². The van der Waals surface area contributed by atoms with E-state index in [-0.39, 0.29) is 11.1 Å². The van der Waals surface area contributed by atoms with Crippen molar-refractivity contribution in [2.75, 3.05) is 13.2 Å². The van der Waals surface area contributed by atoms with Crippen molar-refractivity contribution in [2.24, 2.45) is 5.92 Å². The number of rotatable bonds is 11. The Labute approximate surface area is 151 Å². The molecule has 0 aromatic rings. The van der Waals surface area contributed by atoms with E-state index >= 15 is 0 Å². The van der Waals surface area contributed by atoms with Crippen LogP contribution in [-0.4, -0.2) is 35.3 Å². The summed E-state index contributed by atoms with van der Waals surface area (Å²) < 4.78 is 0. The second-order valence-corrected chi connectivity index (χ2v) is 9.43. The number of hydrogen-bond donors (Lipinski definition) is 1. The molecule has 1 N–H and O–H groups in total. The van der Waals surface area contributed by atoms with Crippen molar-refractivity contribution < 1.29 is 4.84 Å². The van der Waals surface area contributed by atoms with Gasteiger partial charge < -0.3 is 5.32 Å². The van der Waals surface area contributed by atoms with E-state index in [9.17, 15) is 0 Å². The molecule has 1 saturated heterocycles. The first-order valence-corrected chi connectivity index (χ1v) is 10.4. The lowest BCUT2D eigenvalue weighted by atomic mass is 9.79. The first-order valence-electron chi connectivity index (χ1n) is 10.4. The van der Waals surface area contributed by atoms with Crippen LogP contribution in [0.4, 0.5) is 0 Å². The Kier molecular flexibility index (Phi) is 9.25. The first-order chi connectivity index (χ1) is 11.2. The van der Waals surface area contributed by atoms with Crippen LogP contribution in [0.5, 0.6) is 0 Å². The summed E-state index contributed by atoms with van der Waals surface area (Å²) >= 11 is 0. The molecule has 0 unspecified atom stereocenters. The Bertz CT molecular complexity index is 321. The lowest BCUT2D eigenvalue weighted by Crippen LogP contribution is -2.63. The maximum Gasteiger partial charge on any atom is 0.0685 e. The number of nitrogens with one attached hydrogen (secondary N) is 1. The third-order valence-electron chi connectivity index (χ3n) is 5.12. The van der Waals surface area contributed by atoms with Gasteiger partial charge in [-0.25, -0.2) is 0 Å². The minimum absolute atomic E-state index is 0.0820. The van der Waals surface area contributed by atoms with E-state index < -0.39 is 0 Å². The summed E-state index contributed by atoms with van der Waals surface area (Å²) in [7, 11) is 0. The molecule has 0 aromatic heterocycles. The van der Waals surface area contributed by atoms with Crippen molar-refractivity contribution >= 4 is 0 Å². The predicted molar refractivity (Wildman–Crippen MR) is 105 cm³/mol. The van der Waals surface area contributed by atoms with Crippen LogP contribution >= 0.6 is 0 Å². The van der Waals surface area contributed by atoms with Gasteiger partial charge in [-0.1, -0.05) is 52.9 Å². The molecular formula is C21H44N2O. The number of hydroxylamine groups is 2. The summed E-state index contributed by atoms with van der Waals surface area (Å²) in [6, 6.07) is 0.589. The average molecular weight is 341 g/mol. The van der Waals surface area contributed by atoms with E-state index in [0.29, 0.717) is 12.0 Å². The largest absolute Gasteiger partial charge is 0.314 e. The van der Waals surface area contributed by atoms with Gasteiger partial charge in [0.15, 0.2) is 0 Å². The Hall–Kier alpha value is -0.120. The Balaban J connectivity index is 2.43. The predicted octanol–water partition coefficient (Wildman–Crippen LogP) is 5.55. The zero-order chi connectivity index (χ0) is 18.2. The van der Waals surface area contributed by atoms with Crippen molar-refractivity contribution in [3.8, 4) is 0 Å². The number of unbranched alkanes of at least 4 members (excludes halogenated alkanes) is 5. The molecule has 0 aliphatic carbocycles. The normalized spacial score (nSPS) is 21.5. The Morgan fingerprint density at radius 1 is 0.958 bits per heavy atom. The van der Waals surface area contributed by atoms with Gasteiger partial charge in [-0.15, -0.1) is 0 Å². The van der Waals surface area contributed by atoms with E-state index in [1.165, 1.54) is 38.5 Å². The number of hydrogen-bond acceptors (Lipinski definition) is 3. The third-order valence-corrected chi connectivity index (χ3v) is 5.12. The van der Waals surface area contributed by atoms with Crippen LogP contribution in [0, 0.1) is 5.92 Å². The molecular weight excluding hydrogens is 296 g/mol. The molecule has 0 radical (unpaired) electrons. The monoisotopic (exact) mass is 340 g/mol. The van der Waals surface area contributed by atoms with Crippen LogP contribution in [0.3, 0.4) is 0 Å². The molecule has 0 atom stereocenters. The third kappa shape index (κ3) is 7.41. The highest BCUT2D eigenvalue weighted by atomic mass is 16.7. The maximum atomic E-state index is 6.30. The highest BCUT2D eigenvalue weighted by Crippen LogP contribution is 2.38. The molecule has 1 aliphatic rings. The van der Waals surface area contributed by atoms with Gasteiger partial charge in [-0.05, 0) is 59.4 Å². The quantitative estimate of drug-likeness (QED) is 0.499. The van der Waals surface area contributed by atoms with Gasteiger partial charge in [0.1, 0.15) is 0 Å². The first kappa shape index (κ1) is 21.9. The Morgan fingerprint density at radius 3 is 2.04 bits per heavy atom. The second kappa shape index (κ2) is 10.1. The SMILES string of the molecule is CCCCCCCCON1C(C)(C)CC(NCC(C)C)CC1(C)C. The zero-order valence-corrected chi connectivity index (χ0v) is 17.6. The molecule has 0 amide bonds. The van der Waals surface area contributed by atoms with Gasteiger partial charge in [0.05, 0.1) is 6.61 Å². The van der Waals surface area contributed by atoms with E-state index in [1.807, 2.05) is 0 Å². The van der Waals surface area contributed by atoms with Gasteiger partial charge in [-0.2, -0.15) is 5.06 Å². The van der Waals surface area contributed by atoms with Gasteiger partial charge in [0, 0.05) is 17.1 Å². The van der Waals surface area contributed by atoms with Gasteiger partial charge in [0.2, 0.25) is 0 Å². The molecule has 0 aromatic carbocycles. The maximum absolute atomic E-state index is 6.30. The van der Waals surface area contributed by atoms with E-state index in [4.69, 9.17) is 4.84 Å². The minimum atomic E-state index is 0.0820. The summed E-state index contributed by atoms with van der Waals surface area (Å²) in [6.45, 7) is 18.1. The molecule has 1 rings (SSSR count).